The van der Waals surface area contributed by atoms with Crippen molar-refractivity contribution in [3.8, 4) is 33.4 Å². The molecule has 0 aliphatic rings. The molecule has 12 aromatic rings. The van der Waals surface area contributed by atoms with E-state index < -0.39 is 0 Å². The standard InChI is InChI=1S/C62H42N2O/c1-5-15-43(16-6-1)45-25-32-51(33-26-45)63(52-34-27-46(28-35-52)44-17-7-2-8-18-44)53-36-29-47(30-37-53)48-31-39-57-59(41-48)55-23-13-14-24-56(55)61-58-40-38-54(42-60(58)65-62(57)61)64(49-19-9-3-10-20-49)50-21-11-4-12-22-50/h1-42H. The van der Waals surface area contributed by atoms with Crippen LogP contribution < -0.4 is 9.80 Å². The molecule has 11 aromatic carbocycles. The van der Waals surface area contributed by atoms with Gasteiger partial charge in [0.15, 0.2) is 0 Å². The lowest BCUT2D eigenvalue weighted by Gasteiger charge is -2.26. The molecule has 12 rings (SSSR count). The van der Waals surface area contributed by atoms with E-state index in [9.17, 15) is 0 Å². The van der Waals surface area contributed by atoms with Crippen molar-refractivity contribution in [1.29, 1.82) is 0 Å². The molecule has 3 nitrogen and oxygen atoms in total. The predicted octanol–water partition coefficient (Wildman–Crippen LogP) is 17.8. The van der Waals surface area contributed by atoms with Crippen molar-refractivity contribution in [1.82, 2.24) is 0 Å². The molecule has 0 saturated carbocycles. The molecule has 0 unspecified atom stereocenters. The fraction of sp³-hybridized carbons (Fsp3) is 0. The maximum absolute atomic E-state index is 6.94. The van der Waals surface area contributed by atoms with E-state index in [0.717, 1.165) is 72.6 Å². The van der Waals surface area contributed by atoms with Crippen LogP contribution in [-0.4, -0.2) is 0 Å². The predicted molar refractivity (Wildman–Crippen MR) is 274 cm³/mol. The molecule has 306 valence electrons. The van der Waals surface area contributed by atoms with Crippen LogP contribution in [0.25, 0.3) is 76.9 Å². The summed E-state index contributed by atoms with van der Waals surface area (Å²) in [6.45, 7) is 0. The molecular weight excluding hydrogens is 789 g/mol. The third-order valence-electron chi connectivity index (χ3n) is 12.6. The van der Waals surface area contributed by atoms with Gasteiger partial charge in [-0.1, -0.05) is 164 Å². The molecule has 1 aromatic heterocycles. The maximum Gasteiger partial charge on any atom is 0.143 e. The lowest BCUT2D eigenvalue weighted by molar-refractivity contribution is 0.673. The molecule has 65 heavy (non-hydrogen) atoms. The van der Waals surface area contributed by atoms with E-state index in [1.54, 1.807) is 0 Å². The SMILES string of the molecule is c1ccc(-c2ccc(N(c3ccc(-c4ccccc4)cc3)c3ccc(-c4ccc5c(c4)c4ccccc4c4c6ccc(N(c7ccccc7)c7ccccc7)cc6oc54)cc3)cc2)cc1. The number of hydrogen-bond donors (Lipinski definition) is 0. The van der Waals surface area contributed by atoms with Crippen LogP contribution >= 0.6 is 0 Å². The molecular formula is C62H42N2O. The largest absolute Gasteiger partial charge is 0.455 e. The summed E-state index contributed by atoms with van der Waals surface area (Å²) in [5.74, 6) is 0. The molecule has 1 heterocycles. The number of hydrogen-bond acceptors (Lipinski definition) is 3. The second-order valence-electron chi connectivity index (χ2n) is 16.5. The van der Waals surface area contributed by atoms with Gasteiger partial charge in [0.25, 0.3) is 0 Å². The third kappa shape index (κ3) is 6.97. The van der Waals surface area contributed by atoms with Gasteiger partial charge in [-0.15, -0.1) is 0 Å². The minimum absolute atomic E-state index is 0.862. The third-order valence-corrected chi connectivity index (χ3v) is 12.6. The summed E-state index contributed by atoms with van der Waals surface area (Å²) in [5.41, 5.74) is 15.4. The van der Waals surface area contributed by atoms with Gasteiger partial charge < -0.3 is 14.2 Å². The maximum atomic E-state index is 6.94. The van der Waals surface area contributed by atoms with Crippen LogP contribution in [0.5, 0.6) is 0 Å². The monoisotopic (exact) mass is 830 g/mol. The van der Waals surface area contributed by atoms with Crippen molar-refractivity contribution in [2.75, 3.05) is 9.80 Å². The Bertz CT molecular complexity index is 3480. The summed E-state index contributed by atoms with van der Waals surface area (Å²) in [4.78, 5) is 4.62. The van der Waals surface area contributed by atoms with E-state index in [1.165, 1.54) is 38.4 Å². The van der Waals surface area contributed by atoms with Gasteiger partial charge in [-0.25, -0.2) is 0 Å². The second-order valence-corrected chi connectivity index (χ2v) is 16.5. The Kier molecular flexibility index (Phi) is 9.50. The zero-order valence-corrected chi connectivity index (χ0v) is 35.6. The lowest BCUT2D eigenvalue weighted by Crippen LogP contribution is -2.09. The second kappa shape index (κ2) is 16.2. The summed E-state index contributed by atoms with van der Waals surface area (Å²) in [6.07, 6.45) is 0. The summed E-state index contributed by atoms with van der Waals surface area (Å²) in [6, 6.07) is 91.0. The molecule has 0 amide bonds. The van der Waals surface area contributed by atoms with Crippen molar-refractivity contribution in [3.05, 3.63) is 255 Å². The van der Waals surface area contributed by atoms with Crippen molar-refractivity contribution in [2.45, 2.75) is 0 Å². The Hall–Kier alpha value is -8.66. The minimum Gasteiger partial charge on any atom is -0.455 e. The molecule has 3 heteroatoms. The van der Waals surface area contributed by atoms with Crippen LogP contribution in [0.1, 0.15) is 0 Å². The first-order chi connectivity index (χ1) is 32.2. The Labute approximate surface area is 378 Å². The molecule has 0 atom stereocenters. The molecule has 0 aliphatic heterocycles. The van der Waals surface area contributed by atoms with E-state index in [-0.39, 0.29) is 0 Å². The van der Waals surface area contributed by atoms with Gasteiger partial charge in [0.05, 0.1) is 0 Å². The number of furan rings is 1. The topological polar surface area (TPSA) is 19.6 Å². The summed E-state index contributed by atoms with van der Waals surface area (Å²) in [5, 5.41) is 6.92. The minimum atomic E-state index is 0.862. The Balaban J connectivity index is 0.933. The van der Waals surface area contributed by atoms with Crippen LogP contribution in [0.3, 0.4) is 0 Å². The van der Waals surface area contributed by atoms with Gasteiger partial charge in [-0.2, -0.15) is 0 Å². The van der Waals surface area contributed by atoms with Gasteiger partial charge in [-0.3, -0.25) is 0 Å². The molecule has 0 radical (unpaired) electrons. The number of benzene rings is 11. The first-order valence-corrected chi connectivity index (χ1v) is 22.2. The van der Waals surface area contributed by atoms with Crippen molar-refractivity contribution in [3.63, 3.8) is 0 Å². The summed E-state index contributed by atoms with van der Waals surface area (Å²) >= 11 is 0. The smallest absolute Gasteiger partial charge is 0.143 e. The van der Waals surface area contributed by atoms with E-state index in [1.807, 2.05) is 0 Å². The van der Waals surface area contributed by atoms with Crippen LogP contribution in [-0.2, 0) is 0 Å². The van der Waals surface area contributed by atoms with E-state index in [2.05, 4.69) is 265 Å². The Morgan fingerprint density at radius 2 is 0.600 bits per heavy atom. The number of fused-ring (bicyclic) bond motifs is 8. The zero-order chi connectivity index (χ0) is 43.1. The normalized spacial score (nSPS) is 11.4. The van der Waals surface area contributed by atoms with Crippen LogP contribution in [0, 0.1) is 0 Å². The van der Waals surface area contributed by atoms with Gasteiger partial charge in [0, 0.05) is 56.3 Å². The van der Waals surface area contributed by atoms with Crippen molar-refractivity contribution in [2.24, 2.45) is 0 Å². The van der Waals surface area contributed by atoms with Crippen molar-refractivity contribution >= 4 is 77.6 Å². The molecule has 0 spiro atoms. The number of nitrogens with zero attached hydrogens (tertiary/aromatic N) is 2. The van der Waals surface area contributed by atoms with Crippen LogP contribution in [0.15, 0.2) is 259 Å². The van der Waals surface area contributed by atoms with E-state index in [4.69, 9.17) is 4.42 Å². The van der Waals surface area contributed by atoms with Crippen molar-refractivity contribution < 1.29 is 4.42 Å². The Morgan fingerprint density at radius 1 is 0.231 bits per heavy atom. The summed E-state index contributed by atoms with van der Waals surface area (Å²) < 4.78 is 6.94. The molecule has 0 bridgehead atoms. The van der Waals surface area contributed by atoms with E-state index in [0.29, 0.717) is 0 Å². The van der Waals surface area contributed by atoms with Crippen LogP contribution in [0.4, 0.5) is 34.1 Å². The van der Waals surface area contributed by atoms with E-state index >= 15 is 0 Å². The highest BCUT2D eigenvalue weighted by molar-refractivity contribution is 6.30. The lowest BCUT2D eigenvalue weighted by atomic mass is 9.94. The Morgan fingerprint density at radius 3 is 1.12 bits per heavy atom. The van der Waals surface area contributed by atoms with Gasteiger partial charge in [-0.05, 0) is 134 Å². The highest BCUT2D eigenvalue weighted by atomic mass is 16.3. The molecule has 0 fully saturated rings. The van der Waals surface area contributed by atoms with Crippen LogP contribution in [0.2, 0.25) is 0 Å². The molecule has 0 saturated heterocycles. The average Bonchev–Trinajstić information content (AvgIpc) is 3.78. The first kappa shape index (κ1) is 38.0. The van der Waals surface area contributed by atoms with Gasteiger partial charge in [0.1, 0.15) is 11.2 Å². The van der Waals surface area contributed by atoms with Gasteiger partial charge in [0.2, 0.25) is 0 Å². The molecule has 0 aliphatic carbocycles. The highest BCUT2D eigenvalue weighted by Crippen LogP contribution is 2.45. The first-order valence-electron chi connectivity index (χ1n) is 22.2. The molecule has 0 N–H and O–H groups in total. The number of anilines is 6. The van der Waals surface area contributed by atoms with Gasteiger partial charge >= 0.3 is 0 Å². The number of rotatable bonds is 9. The highest BCUT2D eigenvalue weighted by Gasteiger charge is 2.20. The number of para-hydroxylation sites is 2. The summed E-state index contributed by atoms with van der Waals surface area (Å²) in [7, 11) is 0. The zero-order valence-electron chi connectivity index (χ0n) is 35.6. The quantitative estimate of drug-likeness (QED) is 0.135. The fourth-order valence-electron chi connectivity index (χ4n) is 9.48. The fourth-order valence-corrected chi connectivity index (χ4v) is 9.48. The average molecular weight is 831 g/mol.